The third-order valence-corrected chi connectivity index (χ3v) is 4.86. The molecule has 1 amide bonds. The number of alkyl halides is 3. The number of hydrogen-bond donors (Lipinski definition) is 1. The Balaban J connectivity index is 1.94. The summed E-state index contributed by atoms with van der Waals surface area (Å²) < 4.78 is 41.6. The second-order valence-electron chi connectivity index (χ2n) is 6.20. The first-order valence-corrected chi connectivity index (χ1v) is 9.50. The second kappa shape index (κ2) is 7.79. The molecule has 3 rings (SSSR count). The van der Waals surface area contributed by atoms with Crippen LogP contribution in [-0.4, -0.2) is 25.1 Å². The number of fused-ring (bicyclic) bond motifs is 1. The Hall–Kier alpha value is -2.40. The third kappa shape index (κ3) is 4.30. The molecular weight excluding hydrogens is 479 g/mol. The second-order valence-corrected chi connectivity index (χ2v) is 7.32. The van der Waals surface area contributed by atoms with Crippen LogP contribution >= 0.6 is 27.5 Å². The van der Waals surface area contributed by atoms with Crippen molar-refractivity contribution >= 4 is 44.9 Å². The van der Waals surface area contributed by atoms with E-state index < -0.39 is 28.2 Å². The van der Waals surface area contributed by atoms with Crippen molar-refractivity contribution in [1.29, 1.82) is 0 Å². The van der Waals surface area contributed by atoms with E-state index in [4.69, 9.17) is 11.6 Å². The van der Waals surface area contributed by atoms with E-state index in [2.05, 4.69) is 31.3 Å². The van der Waals surface area contributed by atoms with Gasteiger partial charge in [-0.25, -0.2) is 0 Å². The van der Waals surface area contributed by atoms with Gasteiger partial charge < -0.3 is 9.88 Å². The van der Waals surface area contributed by atoms with Gasteiger partial charge in [0.2, 0.25) is 16.4 Å². The highest BCUT2D eigenvalue weighted by Gasteiger charge is 2.33. The highest BCUT2D eigenvalue weighted by atomic mass is 79.9. The molecule has 1 N–H and O–H groups in total. The Bertz CT molecular complexity index is 1170. The molecule has 2 heterocycles. The van der Waals surface area contributed by atoms with Gasteiger partial charge in [0.15, 0.2) is 0 Å². The molecule has 0 unspecified atom stereocenters. The summed E-state index contributed by atoms with van der Waals surface area (Å²) in [5, 5.41) is 5.97. The molecule has 0 bridgehead atoms. The number of benzene rings is 1. The van der Waals surface area contributed by atoms with Crippen molar-refractivity contribution in [2.45, 2.75) is 33.0 Å². The molecule has 29 heavy (non-hydrogen) atoms. The van der Waals surface area contributed by atoms with Crippen LogP contribution in [0, 0.1) is 6.92 Å². The minimum Gasteiger partial charge on any atom is -0.324 e. The van der Waals surface area contributed by atoms with Crippen LogP contribution in [0.5, 0.6) is 0 Å². The normalized spacial score (nSPS) is 11.8. The fourth-order valence-corrected chi connectivity index (χ4v) is 3.43. The van der Waals surface area contributed by atoms with Crippen LogP contribution in [0.2, 0.25) is 5.02 Å². The average molecular weight is 493 g/mol. The first-order valence-electron chi connectivity index (χ1n) is 8.33. The number of carbonyl (C=O) groups is 1. The van der Waals surface area contributed by atoms with Crippen molar-refractivity contribution in [3.8, 4) is 0 Å². The Morgan fingerprint density at radius 2 is 2.00 bits per heavy atom. The SMILES string of the molecule is CCc1cc(=O)n2nc(Br)nc2n1CC(=O)Nc1cc(Cl)c(C(F)(F)F)cc1C. The highest BCUT2D eigenvalue weighted by Crippen LogP contribution is 2.37. The summed E-state index contributed by atoms with van der Waals surface area (Å²) in [5.74, 6) is -0.359. The number of nitrogens with one attached hydrogen (secondary N) is 1. The predicted octanol–water partition coefficient (Wildman–Crippen LogP) is 3.84. The molecule has 0 saturated heterocycles. The van der Waals surface area contributed by atoms with Crippen LogP contribution in [0.15, 0.2) is 27.7 Å². The molecule has 3 aromatic rings. The average Bonchev–Trinajstić information content (AvgIpc) is 3.01. The fraction of sp³-hybridized carbons (Fsp3) is 0.294. The van der Waals surface area contributed by atoms with Crippen molar-refractivity contribution in [2.75, 3.05) is 5.32 Å². The zero-order valence-electron chi connectivity index (χ0n) is 15.1. The fourth-order valence-electron chi connectivity index (χ4n) is 2.84. The quantitative estimate of drug-likeness (QED) is 0.600. The lowest BCUT2D eigenvalue weighted by molar-refractivity contribution is -0.137. The van der Waals surface area contributed by atoms with Gasteiger partial charge in [0.1, 0.15) is 6.54 Å². The first-order chi connectivity index (χ1) is 13.5. The van der Waals surface area contributed by atoms with E-state index in [-0.39, 0.29) is 28.3 Å². The molecular formula is C17H14BrClF3N5O2. The van der Waals surface area contributed by atoms with Gasteiger partial charge in [0.25, 0.3) is 5.56 Å². The number of nitrogens with zero attached hydrogens (tertiary/aromatic N) is 4. The van der Waals surface area contributed by atoms with Gasteiger partial charge in [-0.15, -0.1) is 5.10 Å². The minimum atomic E-state index is -4.59. The van der Waals surface area contributed by atoms with Gasteiger partial charge in [-0.05, 0) is 47.0 Å². The van der Waals surface area contributed by atoms with Gasteiger partial charge in [0, 0.05) is 17.4 Å². The molecule has 0 radical (unpaired) electrons. The molecule has 154 valence electrons. The largest absolute Gasteiger partial charge is 0.417 e. The Morgan fingerprint density at radius 3 is 2.62 bits per heavy atom. The van der Waals surface area contributed by atoms with Crippen LogP contribution in [0.1, 0.15) is 23.7 Å². The Kier molecular flexibility index (Phi) is 5.72. The number of anilines is 1. The van der Waals surface area contributed by atoms with Gasteiger partial charge in [-0.3, -0.25) is 9.59 Å². The number of rotatable bonds is 4. The van der Waals surface area contributed by atoms with Crippen LogP contribution in [0.25, 0.3) is 5.78 Å². The number of hydrogen-bond acceptors (Lipinski definition) is 4. The highest BCUT2D eigenvalue weighted by molar-refractivity contribution is 9.10. The van der Waals surface area contributed by atoms with E-state index in [0.29, 0.717) is 12.1 Å². The third-order valence-electron chi connectivity index (χ3n) is 4.21. The Morgan fingerprint density at radius 1 is 1.31 bits per heavy atom. The van der Waals surface area contributed by atoms with Gasteiger partial charge in [0.05, 0.1) is 10.6 Å². The summed E-state index contributed by atoms with van der Waals surface area (Å²) in [6.07, 6.45) is -4.14. The van der Waals surface area contributed by atoms with Crippen LogP contribution in [0.4, 0.5) is 18.9 Å². The summed E-state index contributed by atoms with van der Waals surface area (Å²) in [6.45, 7) is 3.02. The molecule has 0 aliphatic carbocycles. The zero-order valence-corrected chi connectivity index (χ0v) is 17.5. The van der Waals surface area contributed by atoms with Crippen molar-refractivity contribution < 1.29 is 18.0 Å². The summed E-state index contributed by atoms with van der Waals surface area (Å²) in [6, 6.07) is 3.29. The predicted molar refractivity (Wildman–Crippen MR) is 104 cm³/mol. The van der Waals surface area contributed by atoms with Gasteiger partial charge in [-0.1, -0.05) is 18.5 Å². The van der Waals surface area contributed by atoms with Crippen LogP contribution in [0.3, 0.4) is 0 Å². The van der Waals surface area contributed by atoms with Crippen molar-refractivity contribution in [3.63, 3.8) is 0 Å². The smallest absolute Gasteiger partial charge is 0.324 e. The molecule has 12 heteroatoms. The topological polar surface area (TPSA) is 81.3 Å². The minimum absolute atomic E-state index is 0.158. The van der Waals surface area contributed by atoms with E-state index >= 15 is 0 Å². The molecule has 1 aromatic carbocycles. The lowest BCUT2D eigenvalue weighted by Gasteiger charge is -2.16. The van der Waals surface area contributed by atoms with Crippen LogP contribution in [-0.2, 0) is 23.9 Å². The van der Waals surface area contributed by atoms with E-state index in [0.717, 1.165) is 16.6 Å². The monoisotopic (exact) mass is 491 g/mol. The number of amides is 1. The van der Waals surface area contributed by atoms with Crippen molar-refractivity contribution in [2.24, 2.45) is 0 Å². The summed E-state index contributed by atoms with van der Waals surface area (Å²) >= 11 is 8.83. The molecule has 7 nitrogen and oxygen atoms in total. The van der Waals surface area contributed by atoms with E-state index in [1.165, 1.54) is 17.6 Å². The zero-order chi connectivity index (χ0) is 21.5. The lowest BCUT2D eigenvalue weighted by atomic mass is 10.1. The molecule has 0 spiro atoms. The maximum Gasteiger partial charge on any atom is 0.417 e. The van der Waals surface area contributed by atoms with Crippen LogP contribution < -0.4 is 10.9 Å². The maximum absolute atomic E-state index is 13.0. The number of aryl methyl sites for hydroxylation is 2. The number of halogens is 5. The first kappa shape index (κ1) is 21.3. The summed E-state index contributed by atoms with van der Waals surface area (Å²) in [4.78, 5) is 28.8. The number of aromatic nitrogens is 4. The van der Waals surface area contributed by atoms with E-state index in [1.54, 1.807) is 0 Å². The molecule has 0 saturated carbocycles. The van der Waals surface area contributed by atoms with Crippen molar-refractivity contribution in [3.05, 3.63) is 55.1 Å². The maximum atomic E-state index is 13.0. The molecule has 2 aromatic heterocycles. The summed E-state index contributed by atoms with van der Waals surface area (Å²) in [5.41, 5.74) is -0.443. The number of carbonyl (C=O) groups excluding carboxylic acids is 1. The standard InChI is InChI=1S/C17H14BrClF3N5O2/c1-3-9-5-14(29)27-16(24-15(18)25-27)26(9)7-13(28)23-12-6-11(19)10(4-8(12)2)17(20,21)22/h4-6H,3,7H2,1-2H3,(H,23,28). The summed E-state index contributed by atoms with van der Waals surface area (Å²) in [7, 11) is 0. The lowest BCUT2D eigenvalue weighted by Crippen LogP contribution is -2.26. The van der Waals surface area contributed by atoms with Gasteiger partial charge >= 0.3 is 6.18 Å². The van der Waals surface area contributed by atoms with E-state index in [9.17, 15) is 22.8 Å². The van der Waals surface area contributed by atoms with E-state index in [1.807, 2.05) is 6.92 Å². The molecule has 0 atom stereocenters. The Labute approximate surface area is 175 Å². The molecule has 0 fully saturated rings. The van der Waals surface area contributed by atoms with Gasteiger partial charge in [-0.2, -0.15) is 22.7 Å². The van der Waals surface area contributed by atoms with Crippen molar-refractivity contribution in [1.82, 2.24) is 19.2 Å². The molecule has 0 aliphatic rings. The molecule has 0 aliphatic heterocycles.